The van der Waals surface area contributed by atoms with E-state index in [0.29, 0.717) is 6.04 Å². The van der Waals surface area contributed by atoms with Gasteiger partial charge in [0.05, 0.1) is 3.79 Å². The molecular formula is C12H13BrN2S. The number of aromatic nitrogens is 1. The number of hydrogen-bond acceptors (Lipinski definition) is 3. The molecule has 0 aliphatic rings. The van der Waals surface area contributed by atoms with Gasteiger partial charge < -0.3 is 5.32 Å². The summed E-state index contributed by atoms with van der Waals surface area (Å²) in [5.74, 6) is 0. The molecule has 0 fully saturated rings. The smallest absolute Gasteiger partial charge is 0.0701 e. The molecule has 0 unspecified atom stereocenters. The molecule has 0 aromatic carbocycles. The number of thiophene rings is 1. The number of rotatable bonds is 4. The van der Waals surface area contributed by atoms with Crippen molar-refractivity contribution < 1.29 is 0 Å². The Bertz CT molecular complexity index is 441. The number of nitrogens with one attached hydrogen (secondary N) is 1. The molecule has 4 heteroatoms. The van der Waals surface area contributed by atoms with Crippen molar-refractivity contribution in [1.29, 1.82) is 0 Å². The van der Waals surface area contributed by atoms with Gasteiger partial charge in [0.25, 0.3) is 0 Å². The molecule has 0 radical (unpaired) electrons. The average molecular weight is 297 g/mol. The van der Waals surface area contributed by atoms with E-state index in [1.54, 1.807) is 11.3 Å². The molecule has 2 nitrogen and oxygen atoms in total. The predicted molar refractivity (Wildman–Crippen MR) is 71.5 cm³/mol. The molecule has 1 N–H and O–H groups in total. The van der Waals surface area contributed by atoms with Crippen LogP contribution in [0, 0.1) is 0 Å². The Morgan fingerprint density at radius 3 is 2.69 bits per heavy atom. The fourth-order valence-electron chi connectivity index (χ4n) is 1.47. The van der Waals surface area contributed by atoms with E-state index in [9.17, 15) is 0 Å². The maximum Gasteiger partial charge on any atom is 0.0701 e. The molecule has 0 saturated heterocycles. The molecule has 0 saturated carbocycles. The highest BCUT2D eigenvalue weighted by molar-refractivity contribution is 9.11. The molecule has 16 heavy (non-hydrogen) atoms. The Morgan fingerprint density at radius 1 is 1.31 bits per heavy atom. The van der Waals surface area contributed by atoms with Crippen LogP contribution in [-0.4, -0.2) is 4.98 Å². The summed E-state index contributed by atoms with van der Waals surface area (Å²) in [4.78, 5) is 5.36. The molecule has 2 aromatic heterocycles. The normalized spacial score (nSPS) is 12.6. The van der Waals surface area contributed by atoms with Crippen LogP contribution >= 0.6 is 27.3 Å². The van der Waals surface area contributed by atoms with Gasteiger partial charge in [0.2, 0.25) is 0 Å². The SMILES string of the molecule is C[C@@H](NCc1ccc(Br)s1)c1ccncc1. The Kier molecular flexibility index (Phi) is 4.09. The first-order chi connectivity index (χ1) is 7.75. The van der Waals surface area contributed by atoms with Gasteiger partial charge in [-0.2, -0.15) is 0 Å². The Hall–Kier alpha value is -0.710. The molecular weight excluding hydrogens is 284 g/mol. The largest absolute Gasteiger partial charge is 0.305 e. The van der Waals surface area contributed by atoms with Crippen molar-refractivity contribution in [3.8, 4) is 0 Å². The maximum absolute atomic E-state index is 4.02. The van der Waals surface area contributed by atoms with Gasteiger partial charge in [-0.15, -0.1) is 11.3 Å². The molecule has 1 atom stereocenters. The lowest BCUT2D eigenvalue weighted by Crippen LogP contribution is -2.17. The van der Waals surface area contributed by atoms with Crippen LogP contribution in [-0.2, 0) is 6.54 Å². The summed E-state index contributed by atoms with van der Waals surface area (Å²) in [6.45, 7) is 3.07. The summed E-state index contributed by atoms with van der Waals surface area (Å²) in [5, 5.41) is 3.49. The first-order valence-electron chi connectivity index (χ1n) is 5.13. The van der Waals surface area contributed by atoms with Gasteiger partial charge in [0, 0.05) is 29.9 Å². The molecule has 0 amide bonds. The third kappa shape index (κ3) is 3.14. The van der Waals surface area contributed by atoms with E-state index in [1.807, 2.05) is 24.5 Å². The average Bonchev–Trinajstić information content (AvgIpc) is 2.73. The van der Waals surface area contributed by atoms with Crippen molar-refractivity contribution >= 4 is 27.3 Å². The molecule has 2 heterocycles. The maximum atomic E-state index is 4.02. The van der Waals surface area contributed by atoms with Crippen LogP contribution in [0.2, 0.25) is 0 Å². The van der Waals surface area contributed by atoms with Crippen LogP contribution < -0.4 is 5.32 Å². The minimum Gasteiger partial charge on any atom is -0.305 e. The standard InChI is InChI=1S/C12H13BrN2S/c1-9(10-4-6-14-7-5-10)15-8-11-2-3-12(13)16-11/h2-7,9,15H,8H2,1H3/t9-/m1/s1. The molecule has 2 aromatic rings. The molecule has 84 valence electrons. The van der Waals surface area contributed by atoms with Crippen molar-refractivity contribution in [3.05, 3.63) is 50.9 Å². The van der Waals surface area contributed by atoms with Crippen molar-refractivity contribution in [3.63, 3.8) is 0 Å². The van der Waals surface area contributed by atoms with E-state index in [2.05, 4.69) is 45.3 Å². The zero-order valence-electron chi connectivity index (χ0n) is 8.98. The van der Waals surface area contributed by atoms with Crippen molar-refractivity contribution in [1.82, 2.24) is 10.3 Å². The fraction of sp³-hybridized carbons (Fsp3) is 0.250. The lowest BCUT2D eigenvalue weighted by Gasteiger charge is -2.12. The van der Waals surface area contributed by atoms with Gasteiger partial charge in [0.15, 0.2) is 0 Å². The lowest BCUT2D eigenvalue weighted by atomic mass is 10.1. The van der Waals surface area contributed by atoms with Gasteiger partial charge in [-0.1, -0.05) is 0 Å². The van der Waals surface area contributed by atoms with Gasteiger partial charge >= 0.3 is 0 Å². The van der Waals surface area contributed by atoms with Crippen LogP contribution in [0.1, 0.15) is 23.4 Å². The first-order valence-corrected chi connectivity index (χ1v) is 6.74. The third-order valence-corrected chi connectivity index (χ3v) is 4.04. The molecule has 0 aliphatic heterocycles. The van der Waals surface area contributed by atoms with E-state index in [-0.39, 0.29) is 0 Å². The highest BCUT2D eigenvalue weighted by atomic mass is 79.9. The van der Waals surface area contributed by atoms with Gasteiger partial charge in [0.1, 0.15) is 0 Å². The Balaban J connectivity index is 1.91. The zero-order valence-corrected chi connectivity index (χ0v) is 11.4. The monoisotopic (exact) mass is 296 g/mol. The van der Waals surface area contributed by atoms with Crippen LogP contribution in [0.3, 0.4) is 0 Å². The third-order valence-electron chi connectivity index (χ3n) is 2.42. The quantitative estimate of drug-likeness (QED) is 0.929. The Morgan fingerprint density at radius 2 is 2.06 bits per heavy atom. The van der Waals surface area contributed by atoms with Crippen molar-refractivity contribution in [2.75, 3.05) is 0 Å². The molecule has 0 aliphatic carbocycles. The summed E-state index contributed by atoms with van der Waals surface area (Å²) in [6.07, 6.45) is 3.66. The Labute approximate surface area is 108 Å². The molecule has 2 rings (SSSR count). The number of halogens is 1. The number of hydrogen-bond donors (Lipinski definition) is 1. The topological polar surface area (TPSA) is 24.9 Å². The van der Waals surface area contributed by atoms with E-state index in [4.69, 9.17) is 0 Å². The second kappa shape index (κ2) is 5.57. The highest BCUT2D eigenvalue weighted by Crippen LogP contribution is 2.22. The van der Waals surface area contributed by atoms with Gasteiger partial charge in [-0.05, 0) is 52.7 Å². The van der Waals surface area contributed by atoms with E-state index < -0.39 is 0 Å². The molecule has 0 bridgehead atoms. The van der Waals surface area contributed by atoms with Crippen LogP contribution in [0.15, 0.2) is 40.4 Å². The second-order valence-corrected chi connectivity index (χ2v) is 6.14. The summed E-state index contributed by atoms with van der Waals surface area (Å²) in [5.41, 5.74) is 1.27. The van der Waals surface area contributed by atoms with Crippen LogP contribution in [0.4, 0.5) is 0 Å². The lowest BCUT2D eigenvalue weighted by molar-refractivity contribution is 0.578. The number of nitrogens with zero attached hydrogens (tertiary/aromatic N) is 1. The molecule has 0 spiro atoms. The summed E-state index contributed by atoms with van der Waals surface area (Å²) in [6, 6.07) is 8.66. The van der Waals surface area contributed by atoms with Crippen LogP contribution in [0.5, 0.6) is 0 Å². The van der Waals surface area contributed by atoms with Crippen LogP contribution in [0.25, 0.3) is 0 Å². The number of pyridine rings is 1. The van der Waals surface area contributed by atoms with E-state index >= 15 is 0 Å². The summed E-state index contributed by atoms with van der Waals surface area (Å²) >= 11 is 5.23. The predicted octanol–water partition coefficient (Wildman–Crippen LogP) is 3.76. The fourth-order valence-corrected chi connectivity index (χ4v) is 2.90. The second-order valence-electron chi connectivity index (χ2n) is 3.59. The summed E-state index contributed by atoms with van der Waals surface area (Å²) in [7, 11) is 0. The van der Waals surface area contributed by atoms with Crippen molar-refractivity contribution in [2.24, 2.45) is 0 Å². The van der Waals surface area contributed by atoms with Gasteiger partial charge in [-0.25, -0.2) is 0 Å². The van der Waals surface area contributed by atoms with E-state index in [1.165, 1.54) is 14.2 Å². The first kappa shape index (κ1) is 11.8. The van der Waals surface area contributed by atoms with Gasteiger partial charge in [-0.3, -0.25) is 4.98 Å². The summed E-state index contributed by atoms with van der Waals surface area (Å²) < 4.78 is 1.18. The minimum absolute atomic E-state index is 0.351. The highest BCUT2D eigenvalue weighted by Gasteiger charge is 2.04. The van der Waals surface area contributed by atoms with E-state index in [0.717, 1.165) is 6.54 Å². The minimum atomic E-state index is 0.351. The van der Waals surface area contributed by atoms with Crippen molar-refractivity contribution in [2.45, 2.75) is 19.5 Å². The zero-order chi connectivity index (χ0) is 11.4.